The molecule has 25 heavy (non-hydrogen) atoms. The predicted molar refractivity (Wildman–Crippen MR) is 93.7 cm³/mol. The summed E-state index contributed by atoms with van der Waals surface area (Å²) < 4.78 is 28.3. The van der Waals surface area contributed by atoms with Crippen LogP contribution >= 0.6 is 0 Å². The van der Waals surface area contributed by atoms with E-state index in [9.17, 15) is 8.42 Å². The summed E-state index contributed by atoms with van der Waals surface area (Å²) >= 11 is 0. The Morgan fingerprint density at radius 3 is 2.60 bits per heavy atom. The van der Waals surface area contributed by atoms with Crippen molar-refractivity contribution in [3.8, 4) is 0 Å². The number of rotatable bonds is 3. The highest BCUT2D eigenvalue weighted by molar-refractivity contribution is 7.89. The summed E-state index contributed by atoms with van der Waals surface area (Å²) in [6.07, 6.45) is 6.25. The van der Waals surface area contributed by atoms with Crippen LogP contribution in [0.15, 0.2) is 48.0 Å². The van der Waals surface area contributed by atoms with Crippen LogP contribution < -0.4 is 4.90 Å². The minimum atomic E-state index is -3.48. The molecule has 0 aliphatic carbocycles. The second-order valence-corrected chi connectivity index (χ2v) is 7.94. The molecule has 9 heteroatoms. The maximum absolute atomic E-state index is 12.7. The lowest BCUT2D eigenvalue weighted by molar-refractivity contribution is 0.385. The lowest BCUT2D eigenvalue weighted by Crippen LogP contribution is -2.48. The smallest absolute Gasteiger partial charge is 0.246 e. The predicted octanol–water partition coefficient (Wildman–Crippen LogP) is 0.874. The van der Waals surface area contributed by atoms with E-state index < -0.39 is 10.0 Å². The molecule has 0 amide bonds. The molecule has 1 fully saturated rings. The van der Waals surface area contributed by atoms with Crippen molar-refractivity contribution in [1.82, 2.24) is 24.1 Å². The summed E-state index contributed by atoms with van der Waals surface area (Å²) in [4.78, 5) is 10.7. The third-order valence-corrected chi connectivity index (χ3v) is 6.26. The van der Waals surface area contributed by atoms with E-state index in [-0.39, 0.29) is 4.90 Å². The maximum atomic E-state index is 12.7. The van der Waals surface area contributed by atoms with Gasteiger partial charge in [0, 0.05) is 56.7 Å². The van der Waals surface area contributed by atoms with Gasteiger partial charge in [-0.3, -0.25) is 4.68 Å². The van der Waals surface area contributed by atoms with Crippen LogP contribution in [0.25, 0.3) is 10.9 Å². The molecule has 4 rings (SSSR count). The van der Waals surface area contributed by atoms with Crippen LogP contribution in [0.1, 0.15) is 0 Å². The fourth-order valence-electron chi connectivity index (χ4n) is 3.04. The average molecular weight is 358 g/mol. The first-order valence-corrected chi connectivity index (χ1v) is 9.41. The molecule has 1 aliphatic heterocycles. The van der Waals surface area contributed by atoms with Gasteiger partial charge in [0.1, 0.15) is 11.2 Å². The first-order chi connectivity index (χ1) is 12.0. The molecule has 0 N–H and O–H groups in total. The number of benzene rings is 1. The number of hydrogen-bond donors (Lipinski definition) is 0. The van der Waals surface area contributed by atoms with Gasteiger partial charge in [0.25, 0.3) is 0 Å². The third-order valence-electron chi connectivity index (χ3n) is 4.41. The molecular formula is C16H18N6O2S. The first-order valence-electron chi connectivity index (χ1n) is 7.97. The molecule has 1 aliphatic rings. The van der Waals surface area contributed by atoms with E-state index in [0.29, 0.717) is 26.2 Å². The summed E-state index contributed by atoms with van der Waals surface area (Å²) in [6, 6.07) is 6.02. The lowest BCUT2D eigenvalue weighted by atomic mass is 10.2. The monoisotopic (exact) mass is 358 g/mol. The van der Waals surface area contributed by atoms with Crippen LogP contribution in [0.2, 0.25) is 0 Å². The molecule has 0 atom stereocenters. The SMILES string of the molecule is Cn1cc(S(=O)(=O)N2CCN(c3ccc4ncncc4c3)CC2)cn1. The fraction of sp³-hybridized carbons (Fsp3) is 0.312. The molecule has 8 nitrogen and oxygen atoms in total. The number of anilines is 1. The summed E-state index contributed by atoms with van der Waals surface area (Å²) in [5.74, 6) is 0. The van der Waals surface area contributed by atoms with Crippen molar-refractivity contribution in [2.24, 2.45) is 7.05 Å². The number of aryl methyl sites for hydroxylation is 1. The van der Waals surface area contributed by atoms with Crippen molar-refractivity contribution in [3.63, 3.8) is 0 Å². The number of hydrogen-bond acceptors (Lipinski definition) is 6. The molecule has 2 aromatic heterocycles. The van der Waals surface area contributed by atoms with Crippen molar-refractivity contribution in [2.75, 3.05) is 31.1 Å². The van der Waals surface area contributed by atoms with Gasteiger partial charge < -0.3 is 4.90 Å². The third kappa shape index (κ3) is 2.96. The van der Waals surface area contributed by atoms with Crippen molar-refractivity contribution >= 4 is 26.6 Å². The molecule has 0 saturated carbocycles. The number of aromatic nitrogens is 4. The number of piperazine rings is 1. The van der Waals surface area contributed by atoms with E-state index in [2.05, 4.69) is 20.0 Å². The Balaban J connectivity index is 1.50. The van der Waals surface area contributed by atoms with Crippen molar-refractivity contribution in [1.29, 1.82) is 0 Å². The quantitative estimate of drug-likeness (QED) is 0.691. The van der Waals surface area contributed by atoms with Crippen molar-refractivity contribution in [3.05, 3.63) is 43.1 Å². The summed E-state index contributed by atoms with van der Waals surface area (Å²) in [6.45, 7) is 2.17. The Labute approximate surface area is 145 Å². The fourth-order valence-corrected chi connectivity index (χ4v) is 4.44. The Kier molecular flexibility index (Phi) is 3.89. The van der Waals surface area contributed by atoms with E-state index in [1.165, 1.54) is 27.7 Å². The molecule has 1 saturated heterocycles. The van der Waals surface area contributed by atoms with E-state index in [4.69, 9.17) is 0 Å². The minimum Gasteiger partial charge on any atom is -0.369 e. The molecule has 0 spiro atoms. The molecular weight excluding hydrogens is 340 g/mol. The largest absolute Gasteiger partial charge is 0.369 e. The van der Waals surface area contributed by atoms with E-state index >= 15 is 0 Å². The first kappa shape index (κ1) is 16.0. The highest BCUT2D eigenvalue weighted by Crippen LogP contribution is 2.23. The highest BCUT2D eigenvalue weighted by Gasteiger charge is 2.29. The van der Waals surface area contributed by atoms with Gasteiger partial charge in [-0.1, -0.05) is 0 Å². The van der Waals surface area contributed by atoms with Gasteiger partial charge in [0.15, 0.2) is 0 Å². The minimum absolute atomic E-state index is 0.242. The van der Waals surface area contributed by atoms with Gasteiger partial charge in [-0.05, 0) is 18.2 Å². The lowest BCUT2D eigenvalue weighted by Gasteiger charge is -2.35. The molecule has 0 radical (unpaired) electrons. The number of sulfonamides is 1. The van der Waals surface area contributed by atoms with Crippen molar-refractivity contribution < 1.29 is 8.42 Å². The van der Waals surface area contributed by atoms with E-state index in [1.807, 2.05) is 18.2 Å². The Hall–Kier alpha value is -2.52. The second-order valence-electron chi connectivity index (χ2n) is 6.01. The molecule has 0 unspecified atom stereocenters. The van der Waals surface area contributed by atoms with Gasteiger partial charge in [0.05, 0.1) is 11.7 Å². The topological polar surface area (TPSA) is 84.2 Å². The van der Waals surface area contributed by atoms with Crippen LogP contribution in [0.3, 0.4) is 0 Å². The zero-order valence-corrected chi connectivity index (χ0v) is 14.6. The molecule has 1 aromatic carbocycles. The molecule has 3 aromatic rings. The van der Waals surface area contributed by atoms with Crippen molar-refractivity contribution in [2.45, 2.75) is 4.90 Å². The van der Waals surface area contributed by atoms with Crippen LogP contribution in [0, 0.1) is 0 Å². The van der Waals surface area contributed by atoms with Gasteiger partial charge in [-0.25, -0.2) is 18.4 Å². The number of nitrogens with zero attached hydrogens (tertiary/aromatic N) is 6. The maximum Gasteiger partial charge on any atom is 0.246 e. The Bertz CT molecular complexity index is 1010. The molecule has 130 valence electrons. The summed E-state index contributed by atoms with van der Waals surface area (Å²) in [5, 5.41) is 4.94. The molecule has 3 heterocycles. The number of fused-ring (bicyclic) bond motifs is 1. The van der Waals surface area contributed by atoms with Gasteiger partial charge >= 0.3 is 0 Å². The highest BCUT2D eigenvalue weighted by atomic mass is 32.2. The summed E-state index contributed by atoms with van der Waals surface area (Å²) in [7, 11) is -1.77. The van der Waals surface area contributed by atoms with Crippen LogP contribution in [0.5, 0.6) is 0 Å². The van der Waals surface area contributed by atoms with Crippen LogP contribution in [-0.2, 0) is 17.1 Å². The standard InChI is InChI=1S/C16H18N6O2S/c1-20-11-15(10-19-20)25(23,24)22-6-4-21(5-7-22)14-2-3-16-13(8-14)9-17-12-18-16/h2-3,8-12H,4-7H2,1H3. The zero-order valence-electron chi connectivity index (χ0n) is 13.8. The second kappa shape index (κ2) is 6.08. The van der Waals surface area contributed by atoms with Crippen LogP contribution in [0.4, 0.5) is 5.69 Å². The van der Waals surface area contributed by atoms with Crippen LogP contribution in [-0.4, -0.2) is 58.7 Å². The normalized spacial score (nSPS) is 16.4. The van der Waals surface area contributed by atoms with E-state index in [1.54, 1.807) is 13.2 Å². The molecule has 0 bridgehead atoms. The van der Waals surface area contributed by atoms with Gasteiger partial charge in [-0.2, -0.15) is 9.40 Å². The Morgan fingerprint density at radius 1 is 1.08 bits per heavy atom. The van der Waals surface area contributed by atoms with Gasteiger partial charge in [-0.15, -0.1) is 0 Å². The zero-order chi connectivity index (χ0) is 17.4. The van der Waals surface area contributed by atoms with Gasteiger partial charge in [0.2, 0.25) is 10.0 Å². The van der Waals surface area contributed by atoms with E-state index in [0.717, 1.165) is 16.6 Å². The Morgan fingerprint density at radius 2 is 1.88 bits per heavy atom. The average Bonchev–Trinajstić information content (AvgIpc) is 3.09. The summed E-state index contributed by atoms with van der Waals surface area (Å²) in [5.41, 5.74) is 1.96.